The number of ketones is 1. The van der Waals surface area contributed by atoms with Gasteiger partial charge >= 0.3 is 0 Å². The Morgan fingerprint density at radius 2 is 0.943 bits per heavy atom. The van der Waals surface area contributed by atoms with Crippen molar-refractivity contribution in [2.24, 2.45) is 0 Å². The zero-order chi connectivity index (χ0) is 23.0. The predicted octanol–water partition coefficient (Wildman–Crippen LogP) is 3.12. The molecule has 0 fully saturated rings. The standard InChI is InChI=1S/C32H24OP.BrH/c33-31(25-15-5-1-6-16-25)32(26-17-7-2-8-18-26)29-23-13-14-24-30(29)34(32,27-19-9-3-10-20-27)28-21-11-4-12-22-28;/h1-24H;1H/q+1;/p-1. The summed E-state index contributed by atoms with van der Waals surface area (Å²) in [6.45, 7) is 0. The molecule has 1 atom stereocenters. The van der Waals surface area contributed by atoms with Crippen molar-refractivity contribution >= 4 is 29.0 Å². The first-order valence-electron chi connectivity index (χ1n) is 11.6. The Labute approximate surface area is 217 Å². The minimum atomic E-state index is -2.40. The summed E-state index contributed by atoms with van der Waals surface area (Å²) in [5.41, 5.74) is 2.93. The second-order valence-corrected chi connectivity index (χ2v) is 12.2. The van der Waals surface area contributed by atoms with Crippen molar-refractivity contribution in [1.29, 1.82) is 0 Å². The number of carbonyl (C=O) groups is 1. The quantitative estimate of drug-likeness (QED) is 0.250. The number of hydrogen-bond acceptors (Lipinski definition) is 1. The molecule has 0 bridgehead atoms. The number of carbonyl (C=O) groups excluding carboxylic acids is 1. The van der Waals surface area contributed by atoms with Crippen molar-refractivity contribution in [2.75, 3.05) is 0 Å². The third-order valence-corrected chi connectivity index (χ3v) is 12.0. The third kappa shape index (κ3) is 3.21. The average Bonchev–Trinajstić information content (AvgIpc) is 2.92. The van der Waals surface area contributed by atoms with Gasteiger partial charge in [0, 0.05) is 11.1 Å². The zero-order valence-electron chi connectivity index (χ0n) is 19.1. The molecule has 5 aromatic rings. The van der Waals surface area contributed by atoms with Gasteiger partial charge in [0.2, 0.25) is 10.9 Å². The number of benzene rings is 5. The number of hydrogen-bond donors (Lipinski definition) is 0. The maximum atomic E-state index is 14.9. The minimum absolute atomic E-state index is 0. The number of rotatable bonds is 5. The molecule has 0 radical (unpaired) electrons. The maximum Gasteiger partial charge on any atom is 0.216 e. The van der Waals surface area contributed by atoms with Crippen LogP contribution < -0.4 is 32.9 Å². The minimum Gasteiger partial charge on any atom is -1.00 e. The summed E-state index contributed by atoms with van der Waals surface area (Å²) in [5, 5.41) is 2.95. The first-order chi connectivity index (χ1) is 16.8. The summed E-state index contributed by atoms with van der Waals surface area (Å²) in [6.07, 6.45) is 0. The Hall–Kier alpha value is -3.32. The van der Waals surface area contributed by atoms with E-state index >= 15 is 0 Å². The van der Waals surface area contributed by atoms with Crippen LogP contribution in [-0.2, 0) is 5.16 Å². The summed E-state index contributed by atoms with van der Waals surface area (Å²) in [5.74, 6) is 0.166. The van der Waals surface area contributed by atoms with Gasteiger partial charge in [-0.1, -0.05) is 109 Å². The van der Waals surface area contributed by atoms with E-state index in [0.29, 0.717) is 0 Å². The van der Waals surface area contributed by atoms with Gasteiger partial charge in [-0.25, -0.2) is 0 Å². The Balaban J connectivity index is 0.00000253. The van der Waals surface area contributed by atoms with E-state index in [2.05, 4.69) is 109 Å². The van der Waals surface area contributed by atoms with E-state index < -0.39 is 12.4 Å². The fraction of sp³-hybridized carbons (Fsp3) is 0.0312. The molecular formula is C32H24BrOP. The SMILES string of the molecule is O=C(c1ccccc1)C1(c2ccccc2)c2ccccc2[P+]1(c1ccccc1)c1ccccc1.[Br-]. The first kappa shape index (κ1) is 23.4. The number of halogens is 1. The molecule has 0 amide bonds. The van der Waals surface area contributed by atoms with Crippen molar-refractivity contribution < 1.29 is 21.8 Å². The largest absolute Gasteiger partial charge is 1.00 e. The fourth-order valence-electron chi connectivity index (χ4n) is 5.73. The highest BCUT2D eigenvalue weighted by Gasteiger charge is 2.77. The predicted molar refractivity (Wildman–Crippen MR) is 143 cm³/mol. The van der Waals surface area contributed by atoms with Gasteiger partial charge in [-0.15, -0.1) is 0 Å². The summed E-state index contributed by atoms with van der Waals surface area (Å²) in [6, 6.07) is 50.2. The molecule has 0 N–H and O–H groups in total. The van der Waals surface area contributed by atoms with Gasteiger partial charge in [-0.2, -0.15) is 0 Å². The molecule has 170 valence electrons. The van der Waals surface area contributed by atoms with Gasteiger partial charge in [-0.05, 0) is 36.4 Å². The fourth-order valence-corrected chi connectivity index (χ4v) is 11.2. The topological polar surface area (TPSA) is 17.1 Å². The Bertz CT molecular complexity index is 1410. The molecule has 6 rings (SSSR count). The Kier molecular flexibility index (Phi) is 6.28. The summed E-state index contributed by atoms with van der Waals surface area (Å²) in [4.78, 5) is 14.9. The van der Waals surface area contributed by atoms with Crippen LogP contribution in [0.5, 0.6) is 0 Å². The highest BCUT2D eigenvalue weighted by Crippen LogP contribution is 2.80. The lowest BCUT2D eigenvalue weighted by atomic mass is 9.82. The van der Waals surface area contributed by atoms with Crippen molar-refractivity contribution in [1.82, 2.24) is 0 Å². The van der Waals surface area contributed by atoms with Gasteiger partial charge in [0.15, 0.2) is 0 Å². The van der Waals surface area contributed by atoms with E-state index in [9.17, 15) is 4.79 Å². The van der Waals surface area contributed by atoms with E-state index in [-0.39, 0.29) is 22.8 Å². The lowest BCUT2D eigenvalue weighted by molar-refractivity contribution is -0.0000144. The summed E-state index contributed by atoms with van der Waals surface area (Å²) in [7, 11) is -2.40. The van der Waals surface area contributed by atoms with Crippen molar-refractivity contribution in [3.05, 3.63) is 162 Å². The van der Waals surface area contributed by atoms with E-state index in [0.717, 1.165) is 16.7 Å². The highest BCUT2D eigenvalue weighted by atomic mass is 79.9. The van der Waals surface area contributed by atoms with Crippen LogP contribution in [0.25, 0.3) is 0 Å². The Morgan fingerprint density at radius 1 is 0.514 bits per heavy atom. The van der Waals surface area contributed by atoms with Gasteiger partial charge in [0.25, 0.3) is 0 Å². The van der Waals surface area contributed by atoms with E-state index in [1.54, 1.807) is 0 Å². The lowest BCUT2D eigenvalue weighted by Crippen LogP contribution is -3.00. The summed E-state index contributed by atoms with van der Waals surface area (Å²) >= 11 is 0. The third-order valence-electron chi connectivity index (χ3n) is 7.00. The van der Waals surface area contributed by atoms with Gasteiger partial charge < -0.3 is 17.0 Å². The molecular weight excluding hydrogens is 511 g/mol. The van der Waals surface area contributed by atoms with Gasteiger partial charge in [-0.3, -0.25) is 4.79 Å². The molecule has 1 heterocycles. The molecule has 0 aromatic heterocycles. The molecule has 0 spiro atoms. The van der Waals surface area contributed by atoms with Crippen molar-refractivity contribution in [3.63, 3.8) is 0 Å². The second-order valence-electron chi connectivity index (χ2n) is 8.63. The number of Topliss-reactive ketones (excluding diaryl/α,β-unsaturated/α-hetero) is 1. The molecule has 35 heavy (non-hydrogen) atoms. The molecule has 1 aliphatic rings. The molecule has 0 aliphatic carbocycles. The molecule has 3 heteroatoms. The average molecular weight is 535 g/mol. The lowest BCUT2D eigenvalue weighted by Gasteiger charge is -2.52. The number of fused-ring (bicyclic) bond motifs is 1. The maximum absolute atomic E-state index is 14.9. The van der Waals surface area contributed by atoms with Crippen LogP contribution in [0, 0.1) is 0 Å². The smallest absolute Gasteiger partial charge is 0.216 e. The van der Waals surface area contributed by atoms with Crippen LogP contribution in [0.2, 0.25) is 0 Å². The van der Waals surface area contributed by atoms with E-state index in [1.807, 2.05) is 36.4 Å². The van der Waals surface area contributed by atoms with E-state index in [4.69, 9.17) is 0 Å². The second kappa shape index (κ2) is 9.38. The van der Waals surface area contributed by atoms with Gasteiger partial charge in [0.1, 0.15) is 23.2 Å². The van der Waals surface area contributed by atoms with Crippen molar-refractivity contribution in [3.8, 4) is 0 Å². The molecule has 5 aromatic carbocycles. The summed E-state index contributed by atoms with van der Waals surface area (Å²) < 4.78 is 0. The van der Waals surface area contributed by atoms with Crippen LogP contribution in [0.15, 0.2) is 146 Å². The van der Waals surface area contributed by atoms with Crippen LogP contribution in [0.1, 0.15) is 21.5 Å². The monoisotopic (exact) mass is 534 g/mol. The normalized spacial score (nSPS) is 17.4. The van der Waals surface area contributed by atoms with Gasteiger partial charge in [0.05, 0.1) is 5.56 Å². The Morgan fingerprint density at radius 3 is 1.49 bits per heavy atom. The van der Waals surface area contributed by atoms with Crippen LogP contribution in [-0.4, -0.2) is 5.78 Å². The molecule has 1 aliphatic heterocycles. The zero-order valence-corrected chi connectivity index (χ0v) is 21.6. The highest BCUT2D eigenvalue weighted by molar-refractivity contribution is 7.99. The molecule has 0 saturated carbocycles. The van der Waals surface area contributed by atoms with Crippen LogP contribution in [0.3, 0.4) is 0 Å². The van der Waals surface area contributed by atoms with Crippen LogP contribution >= 0.6 is 7.26 Å². The molecule has 1 unspecified atom stereocenters. The van der Waals surface area contributed by atoms with E-state index in [1.165, 1.54) is 15.9 Å². The molecule has 0 saturated heterocycles. The van der Waals surface area contributed by atoms with Crippen LogP contribution in [0.4, 0.5) is 0 Å². The van der Waals surface area contributed by atoms with Crippen molar-refractivity contribution in [2.45, 2.75) is 5.16 Å². The first-order valence-corrected chi connectivity index (χ1v) is 13.4. The molecule has 1 nitrogen and oxygen atoms in total.